The predicted molar refractivity (Wildman–Crippen MR) is 127 cm³/mol. The summed E-state index contributed by atoms with van der Waals surface area (Å²) in [5.74, 6) is 1.41. The summed E-state index contributed by atoms with van der Waals surface area (Å²) >= 11 is 0. The monoisotopic (exact) mass is 428 g/mol. The van der Waals surface area contributed by atoms with Crippen molar-refractivity contribution in [2.45, 2.75) is 6.42 Å². The van der Waals surface area contributed by atoms with Crippen LogP contribution in [0.2, 0.25) is 0 Å². The summed E-state index contributed by atoms with van der Waals surface area (Å²) in [6, 6.07) is 12.4. The van der Waals surface area contributed by atoms with Crippen molar-refractivity contribution >= 4 is 22.8 Å². The van der Waals surface area contributed by atoms with E-state index in [1.165, 1.54) is 5.56 Å². The van der Waals surface area contributed by atoms with Gasteiger partial charge in [0.05, 0.1) is 6.20 Å². The molecule has 4 aromatic rings. The van der Waals surface area contributed by atoms with Crippen LogP contribution in [0.3, 0.4) is 0 Å². The van der Waals surface area contributed by atoms with Crippen LogP contribution in [0.25, 0.3) is 22.6 Å². The standard InChI is InChI=1S/C24H28N8/c1-30-12-14-32(15-13-30)11-8-18-4-3-5-20(16-18)27-24-26-17-21-23(29-24)31(2)22(28-21)19-6-9-25-10-7-19/h3-7,9-10,16-17H,8,11-15H2,1-2H3,(H,26,27,29). The first-order valence-corrected chi connectivity index (χ1v) is 11.0. The molecular weight excluding hydrogens is 400 g/mol. The van der Waals surface area contributed by atoms with Crippen LogP contribution in [0.4, 0.5) is 11.6 Å². The first-order chi connectivity index (χ1) is 15.7. The number of aryl methyl sites for hydroxylation is 1. The van der Waals surface area contributed by atoms with E-state index in [1.54, 1.807) is 18.6 Å². The third-order valence-corrected chi connectivity index (χ3v) is 6.05. The van der Waals surface area contributed by atoms with Gasteiger partial charge in [-0.2, -0.15) is 4.98 Å². The molecule has 5 rings (SSSR count). The van der Waals surface area contributed by atoms with Gasteiger partial charge in [-0.1, -0.05) is 12.1 Å². The number of aromatic nitrogens is 5. The SMILES string of the molecule is CN1CCN(CCc2cccc(Nc3ncc4nc(-c5ccncc5)n(C)c4n3)c2)CC1. The van der Waals surface area contributed by atoms with Gasteiger partial charge in [0.2, 0.25) is 5.95 Å². The Bertz CT molecular complexity index is 1200. The molecule has 0 radical (unpaired) electrons. The van der Waals surface area contributed by atoms with Gasteiger partial charge in [0.15, 0.2) is 5.65 Å². The van der Waals surface area contributed by atoms with Crippen molar-refractivity contribution in [3.63, 3.8) is 0 Å². The van der Waals surface area contributed by atoms with Gasteiger partial charge in [-0.3, -0.25) is 4.98 Å². The number of anilines is 2. The Morgan fingerprint density at radius 3 is 2.59 bits per heavy atom. The summed E-state index contributed by atoms with van der Waals surface area (Å²) in [7, 11) is 4.16. The topological polar surface area (TPSA) is 75.0 Å². The number of nitrogens with one attached hydrogen (secondary N) is 1. The second kappa shape index (κ2) is 9.02. The first-order valence-electron chi connectivity index (χ1n) is 11.0. The molecule has 1 saturated heterocycles. The van der Waals surface area contributed by atoms with Crippen LogP contribution in [-0.2, 0) is 13.5 Å². The lowest BCUT2D eigenvalue weighted by atomic mass is 10.1. The summed E-state index contributed by atoms with van der Waals surface area (Å²) in [5, 5.41) is 3.36. The van der Waals surface area contributed by atoms with Gasteiger partial charge >= 0.3 is 0 Å². The summed E-state index contributed by atoms with van der Waals surface area (Å²) in [4.78, 5) is 22.9. The van der Waals surface area contributed by atoms with Crippen molar-refractivity contribution in [1.29, 1.82) is 0 Å². The Labute approximate surface area is 188 Å². The van der Waals surface area contributed by atoms with Crippen molar-refractivity contribution < 1.29 is 0 Å². The third kappa shape index (κ3) is 4.46. The zero-order valence-corrected chi connectivity index (χ0v) is 18.6. The van der Waals surface area contributed by atoms with Gasteiger partial charge in [-0.05, 0) is 43.3 Å². The molecule has 32 heavy (non-hydrogen) atoms. The lowest BCUT2D eigenvalue weighted by Gasteiger charge is -2.32. The molecule has 4 heterocycles. The second-order valence-corrected chi connectivity index (χ2v) is 8.35. The molecule has 0 spiro atoms. The largest absolute Gasteiger partial charge is 0.324 e. The third-order valence-electron chi connectivity index (χ3n) is 6.05. The van der Waals surface area contributed by atoms with E-state index in [1.807, 2.05) is 23.7 Å². The molecule has 1 N–H and O–H groups in total. The number of hydrogen-bond donors (Lipinski definition) is 1. The zero-order chi connectivity index (χ0) is 21.9. The van der Waals surface area contributed by atoms with Gasteiger partial charge in [0.1, 0.15) is 11.3 Å². The van der Waals surface area contributed by atoms with E-state index in [-0.39, 0.29) is 0 Å². The number of hydrogen-bond acceptors (Lipinski definition) is 7. The number of likely N-dealkylation sites (N-methyl/N-ethyl adjacent to an activating group) is 1. The van der Waals surface area contributed by atoms with E-state index in [2.05, 4.69) is 56.4 Å². The molecule has 0 amide bonds. The van der Waals surface area contributed by atoms with Crippen LogP contribution in [0, 0.1) is 0 Å². The molecule has 1 aliphatic rings. The van der Waals surface area contributed by atoms with Gasteiger partial charge < -0.3 is 19.7 Å². The fourth-order valence-electron chi connectivity index (χ4n) is 4.09. The number of imidazole rings is 1. The molecule has 8 heteroatoms. The van der Waals surface area contributed by atoms with Crippen LogP contribution < -0.4 is 5.32 Å². The highest BCUT2D eigenvalue weighted by molar-refractivity contribution is 5.77. The molecule has 0 atom stereocenters. The van der Waals surface area contributed by atoms with E-state index < -0.39 is 0 Å². The molecule has 0 unspecified atom stereocenters. The van der Waals surface area contributed by atoms with Crippen molar-refractivity contribution in [2.75, 3.05) is 45.1 Å². The Balaban J connectivity index is 1.30. The van der Waals surface area contributed by atoms with Crippen LogP contribution in [0.1, 0.15) is 5.56 Å². The molecule has 3 aromatic heterocycles. The summed E-state index contributed by atoms with van der Waals surface area (Å²) in [5.41, 5.74) is 4.88. The maximum Gasteiger partial charge on any atom is 0.229 e. The maximum absolute atomic E-state index is 4.72. The van der Waals surface area contributed by atoms with Crippen LogP contribution in [0.5, 0.6) is 0 Å². The highest BCUT2D eigenvalue weighted by atomic mass is 15.2. The number of pyridine rings is 1. The normalized spacial score (nSPS) is 15.3. The van der Waals surface area contributed by atoms with Gasteiger partial charge in [-0.25, -0.2) is 9.97 Å². The fraction of sp³-hybridized carbons (Fsp3) is 0.333. The Hall–Kier alpha value is -3.36. The van der Waals surface area contributed by atoms with E-state index in [0.29, 0.717) is 5.95 Å². The first kappa shape index (κ1) is 20.5. The van der Waals surface area contributed by atoms with Crippen LogP contribution >= 0.6 is 0 Å². The van der Waals surface area contributed by atoms with Crippen molar-refractivity contribution in [2.24, 2.45) is 7.05 Å². The summed E-state index contributed by atoms with van der Waals surface area (Å²) in [6.07, 6.45) is 6.34. The van der Waals surface area contributed by atoms with Crippen LogP contribution in [0.15, 0.2) is 55.0 Å². The summed E-state index contributed by atoms with van der Waals surface area (Å²) < 4.78 is 1.99. The molecule has 1 aromatic carbocycles. The quantitative estimate of drug-likeness (QED) is 0.506. The Morgan fingerprint density at radius 1 is 0.969 bits per heavy atom. The number of rotatable bonds is 6. The lowest BCUT2D eigenvalue weighted by molar-refractivity contribution is 0.155. The number of benzene rings is 1. The van der Waals surface area contributed by atoms with Crippen molar-refractivity contribution in [1.82, 2.24) is 34.3 Å². The van der Waals surface area contributed by atoms with Gasteiger partial charge in [0, 0.05) is 63.4 Å². The van der Waals surface area contributed by atoms with E-state index >= 15 is 0 Å². The zero-order valence-electron chi connectivity index (χ0n) is 18.6. The average Bonchev–Trinajstić information content (AvgIpc) is 3.15. The Kier molecular flexibility index (Phi) is 5.79. The number of nitrogens with zero attached hydrogens (tertiary/aromatic N) is 7. The number of fused-ring (bicyclic) bond motifs is 1. The summed E-state index contributed by atoms with van der Waals surface area (Å²) in [6.45, 7) is 5.69. The minimum Gasteiger partial charge on any atom is -0.324 e. The molecule has 164 valence electrons. The maximum atomic E-state index is 4.72. The van der Waals surface area contributed by atoms with Gasteiger partial charge in [-0.15, -0.1) is 0 Å². The van der Waals surface area contributed by atoms with Crippen LogP contribution in [-0.4, -0.2) is 74.1 Å². The fourth-order valence-corrected chi connectivity index (χ4v) is 4.09. The lowest BCUT2D eigenvalue weighted by Crippen LogP contribution is -2.45. The molecule has 0 bridgehead atoms. The second-order valence-electron chi connectivity index (χ2n) is 8.35. The molecule has 1 fully saturated rings. The molecule has 0 saturated carbocycles. The molecular formula is C24H28N8. The van der Waals surface area contributed by atoms with Gasteiger partial charge in [0.25, 0.3) is 0 Å². The average molecular weight is 429 g/mol. The van der Waals surface area contributed by atoms with E-state index in [4.69, 9.17) is 9.97 Å². The predicted octanol–water partition coefficient (Wildman–Crippen LogP) is 2.96. The molecule has 0 aliphatic carbocycles. The molecule has 8 nitrogen and oxygen atoms in total. The highest BCUT2D eigenvalue weighted by Gasteiger charge is 2.14. The van der Waals surface area contributed by atoms with E-state index in [0.717, 1.165) is 67.4 Å². The minimum absolute atomic E-state index is 0.568. The van der Waals surface area contributed by atoms with Crippen molar-refractivity contribution in [3.05, 3.63) is 60.6 Å². The van der Waals surface area contributed by atoms with Crippen molar-refractivity contribution in [3.8, 4) is 11.4 Å². The smallest absolute Gasteiger partial charge is 0.229 e. The number of piperazine rings is 1. The minimum atomic E-state index is 0.568. The van der Waals surface area contributed by atoms with E-state index in [9.17, 15) is 0 Å². The Morgan fingerprint density at radius 2 is 1.78 bits per heavy atom. The molecule has 1 aliphatic heterocycles. The highest BCUT2D eigenvalue weighted by Crippen LogP contribution is 2.23.